The number of rotatable bonds is 7. The Balaban J connectivity index is 0.000000185. The van der Waals surface area contributed by atoms with Gasteiger partial charge in [-0.15, -0.1) is 27.8 Å². The number of nitrogens with two attached hydrogens (primary N) is 1. The zero-order valence-electron chi connectivity index (χ0n) is 29.4. The number of tetrazole rings is 2. The first-order chi connectivity index (χ1) is 25.0. The molecule has 52 heavy (non-hydrogen) atoms. The summed E-state index contributed by atoms with van der Waals surface area (Å²) in [5.41, 5.74) is 8.44. The summed E-state index contributed by atoms with van der Waals surface area (Å²) in [5, 5.41) is 29.4. The van der Waals surface area contributed by atoms with Crippen LogP contribution in [0, 0.1) is 13.8 Å². The lowest BCUT2D eigenvalue weighted by molar-refractivity contribution is -0.145. The van der Waals surface area contributed by atoms with Gasteiger partial charge in [0.15, 0.2) is 6.29 Å². The van der Waals surface area contributed by atoms with Crippen molar-refractivity contribution in [1.29, 1.82) is 0 Å². The number of carbonyl (C=O) groups excluding carboxylic acids is 4. The van der Waals surface area contributed by atoms with Crippen LogP contribution in [0.2, 0.25) is 0 Å². The molecule has 272 valence electrons. The van der Waals surface area contributed by atoms with Gasteiger partial charge in [0.1, 0.15) is 18.2 Å². The SMILES string of the molecule is CCOC(=O)C1=C(C)Nc2nnnn2C1c1sc2ccccc2c1C.CCOC(=O)CC(C)=O.Cc1c(C=O)sc2ccccc12.Nc1nn[nH]n1. The lowest BCUT2D eigenvalue weighted by Gasteiger charge is -2.26. The molecule has 1 unspecified atom stereocenters. The average molecular weight is 747 g/mol. The fourth-order valence-electron chi connectivity index (χ4n) is 5.07. The predicted octanol–water partition coefficient (Wildman–Crippen LogP) is 5.38. The minimum absolute atomic E-state index is 0.103. The molecule has 0 bridgehead atoms. The lowest BCUT2D eigenvalue weighted by atomic mass is 9.98. The molecule has 16 nitrogen and oxygen atoms in total. The van der Waals surface area contributed by atoms with E-state index in [4.69, 9.17) is 10.5 Å². The van der Waals surface area contributed by atoms with E-state index in [1.165, 1.54) is 27.1 Å². The molecular weight excluding hydrogens is 709 g/mol. The first-order valence-electron chi connectivity index (χ1n) is 16.0. The Morgan fingerprint density at radius 2 is 1.56 bits per heavy atom. The van der Waals surface area contributed by atoms with Crippen molar-refractivity contribution in [3.8, 4) is 0 Å². The molecule has 1 atom stereocenters. The average Bonchev–Trinajstić information content (AvgIpc) is 3.92. The van der Waals surface area contributed by atoms with Crippen LogP contribution in [-0.2, 0) is 23.9 Å². The number of esters is 2. The van der Waals surface area contributed by atoms with Crippen molar-refractivity contribution >= 4 is 78.8 Å². The van der Waals surface area contributed by atoms with Crippen molar-refractivity contribution in [2.45, 2.75) is 54.0 Å². The Morgan fingerprint density at radius 3 is 2.08 bits per heavy atom. The number of allylic oxidation sites excluding steroid dienone is 1. The van der Waals surface area contributed by atoms with E-state index in [-0.39, 0.29) is 24.1 Å². The van der Waals surface area contributed by atoms with Gasteiger partial charge in [0.25, 0.3) is 5.95 Å². The Bertz CT molecular complexity index is 2190. The number of hydrogen-bond acceptors (Lipinski definition) is 16. The van der Waals surface area contributed by atoms with Crippen molar-refractivity contribution in [3.05, 3.63) is 80.7 Å². The maximum atomic E-state index is 12.7. The fourth-order valence-corrected chi connectivity index (χ4v) is 7.41. The Hall–Kier alpha value is -5.88. The Kier molecular flexibility index (Phi) is 13.8. The van der Waals surface area contributed by atoms with E-state index in [9.17, 15) is 19.2 Å². The smallest absolute Gasteiger partial charge is 0.338 e. The number of ether oxygens (including phenoxy) is 2. The Labute approximate surface area is 306 Å². The van der Waals surface area contributed by atoms with Crippen LogP contribution in [0.4, 0.5) is 11.9 Å². The second-order valence-corrected chi connectivity index (χ2v) is 13.1. The Morgan fingerprint density at radius 1 is 0.923 bits per heavy atom. The zero-order valence-corrected chi connectivity index (χ0v) is 31.0. The van der Waals surface area contributed by atoms with Crippen LogP contribution in [0.25, 0.3) is 20.2 Å². The number of hydrogen-bond donors (Lipinski definition) is 3. The number of H-pyrrole nitrogens is 1. The van der Waals surface area contributed by atoms with Crippen LogP contribution in [-0.4, -0.2) is 78.1 Å². The first-order valence-corrected chi connectivity index (χ1v) is 17.6. The highest BCUT2D eigenvalue weighted by Crippen LogP contribution is 2.42. The number of aldehydes is 1. The molecule has 4 N–H and O–H groups in total. The standard InChI is InChI=1S/C17H17N5O2S.C10H8OS.C6H10O3.CH3N5/c1-4-24-16(23)13-10(3)18-17-19-20-21-22(17)14(13)15-9(2)11-7-5-6-8-12(11)25-15;1-7-8-4-2-3-5-9(8)12-10(7)6-11;1-3-9-6(8)4-5(2)7;2-1-3-5-6-4-1/h5-8,14H,4H2,1-3H3,(H,18,19,21);2-6H,1H3;3-4H2,1-2H3;(H3,2,3,4,5,6). The van der Waals surface area contributed by atoms with Gasteiger partial charge in [-0.25, -0.2) is 4.79 Å². The second-order valence-electron chi connectivity index (χ2n) is 11.0. The molecule has 1 aliphatic heterocycles. The molecule has 0 fully saturated rings. The molecule has 0 amide bonds. The van der Waals surface area contributed by atoms with Crippen LogP contribution >= 0.6 is 22.7 Å². The lowest BCUT2D eigenvalue weighted by Crippen LogP contribution is -2.29. The van der Waals surface area contributed by atoms with Gasteiger partial charge in [0, 0.05) is 20.0 Å². The molecule has 1 aliphatic rings. The van der Waals surface area contributed by atoms with E-state index in [2.05, 4.69) is 65.3 Å². The van der Waals surface area contributed by atoms with Crippen LogP contribution in [0.5, 0.6) is 0 Å². The van der Waals surface area contributed by atoms with Gasteiger partial charge in [0.2, 0.25) is 5.95 Å². The van der Waals surface area contributed by atoms with E-state index in [1.54, 1.807) is 41.2 Å². The number of anilines is 2. The molecular formula is C34H38N10O6S2. The fraction of sp³-hybridized carbons (Fsp3) is 0.294. The highest BCUT2D eigenvalue weighted by atomic mass is 32.1. The molecule has 0 radical (unpaired) electrons. The number of aryl methyl sites for hydroxylation is 2. The first kappa shape index (κ1) is 38.9. The molecule has 0 aliphatic carbocycles. The summed E-state index contributed by atoms with van der Waals surface area (Å²) in [6.07, 6.45) is 0.827. The number of benzene rings is 2. The van der Waals surface area contributed by atoms with E-state index in [0.29, 0.717) is 30.4 Å². The van der Waals surface area contributed by atoms with Crippen LogP contribution < -0.4 is 11.1 Å². The topological polar surface area (TPSA) is 223 Å². The molecule has 0 saturated carbocycles. The number of nitrogens with one attached hydrogen (secondary N) is 2. The normalized spacial score (nSPS) is 12.9. The third-order valence-electron chi connectivity index (χ3n) is 7.39. The van der Waals surface area contributed by atoms with Crippen LogP contribution in [0.1, 0.15) is 65.8 Å². The number of Topliss-reactive ketones (excluding diaryl/α,β-unsaturated/α-hetero) is 1. The number of nitrogen functional groups attached to an aromatic ring is 1. The van der Waals surface area contributed by atoms with Crippen molar-refractivity contribution in [2.24, 2.45) is 0 Å². The molecule has 0 spiro atoms. The van der Waals surface area contributed by atoms with E-state index in [1.807, 2.05) is 50.2 Å². The van der Waals surface area contributed by atoms with Crippen molar-refractivity contribution < 1.29 is 28.7 Å². The van der Waals surface area contributed by atoms with Gasteiger partial charge >= 0.3 is 11.9 Å². The molecule has 18 heteroatoms. The molecule has 2 aromatic carbocycles. The summed E-state index contributed by atoms with van der Waals surface area (Å²) in [4.78, 5) is 45.8. The maximum Gasteiger partial charge on any atom is 0.338 e. The third kappa shape index (κ3) is 9.46. The number of aromatic nitrogens is 8. The monoisotopic (exact) mass is 746 g/mol. The summed E-state index contributed by atoms with van der Waals surface area (Å²) >= 11 is 3.21. The van der Waals surface area contributed by atoms with Gasteiger partial charge in [-0.3, -0.25) is 14.4 Å². The van der Waals surface area contributed by atoms with E-state index < -0.39 is 12.0 Å². The van der Waals surface area contributed by atoms with Crippen molar-refractivity contribution in [3.63, 3.8) is 0 Å². The zero-order chi connectivity index (χ0) is 37.8. The number of aromatic amines is 1. The highest BCUT2D eigenvalue weighted by Gasteiger charge is 2.37. The van der Waals surface area contributed by atoms with Crippen LogP contribution in [0.3, 0.4) is 0 Å². The summed E-state index contributed by atoms with van der Waals surface area (Å²) in [6.45, 7) is 11.4. The van der Waals surface area contributed by atoms with Gasteiger partial charge in [-0.1, -0.05) is 46.6 Å². The van der Waals surface area contributed by atoms with Gasteiger partial charge in [-0.2, -0.15) is 9.90 Å². The van der Waals surface area contributed by atoms with E-state index in [0.717, 1.165) is 27.2 Å². The summed E-state index contributed by atoms with van der Waals surface area (Å²) in [5.74, 6) is -0.253. The number of nitrogens with zero attached hydrogens (tertiary/aromatic N) is 7. The van der Waals surface area contributed by atoms with Gasteiger partial charge in [-0.05, 0) is 91.2 Å². The molecule has 0 saturated heterocycles. The van der Waals surface area contributed by atoms with E-state index >= 15 is 0 Å². The maximum absolute atomic E-state index is 12.7. The number of thiophene rings is 2. The molecule has 4 aromatic heterocycles. The second kappa shape index (κ2) is 18.4. The molecule has 7 rings (SSSR count). The minimum Gasteiger partial charge on any atom is -0.466 e. The van der Waals surface area contributed by atoms with Gasteiger partial charge in [0.05, 0.1) is 23.7 Å². The van der Waals surface area contributed by atoms with Crippen LogP contribution in [0.15, 0.2) is 59.8 Å². The largest absolute Gasteiger partial charge is 0.466 e. The quantitative estimate of drug-likeness (QED) is 0.106. The summed E-state index contributed by atoms with van der Waals surface area (Å²) in [6, 6.07) is 15.9. The third-order valence-corrected chi connectivity index (χ3v) is 9.91. The highest BCUT2D eigenvalue weighted by molar-refractivity contribution is 7.20. The summed E-state index contributed by atoms with van der Waals surface area (Å²) < 4.78 is 13.8. The van der Waals surface area contributed by atoms with Crippen molar-refractivity contribution in [2.75, 3.05) is 24.3 Å². The van der Waals surface area contributed by atoms with Gasteiger partial charge < -0.3 is 20.5 Å². The summed E-state index contributed by atoms with van der Waals surface area (Å²) in [7, 11) is 0. The predicted molar refractivity (Wildman–Crippen MR) is 198 cm³/mol. The minimum atomic E-state index is -0.440. The number of carbonyl (C=O) groups is 4. The molecule has 6 aromatic rings. The number of fused-ring (bicyclic) bond motifs is 3. The number of ketones is 1. The molecule has 5 heterocycles. The van der Waals surface area contributed by atoms with Crippen molar-refractivity contribution in [1.82, 2.24) is 40.8 Å².